The summed E-state index contributed by atoms with van der Waals surface area (Å²) >= 11 is 3.13. The van der Waals surface area contributed by atoms with Crippen LogP contribution in [0.1, 0.15) is 23.4 Å². The Morgan fingerprint density at radius 3 is 2.69 bits per heavy atom. The average molecular weight is 252 g/mol. The van der Waals surface area contributed by atoms with Gasteiger partial charge in [0.25, 0.3) is 6.43 Å². The Kier molecular flexibility index (Phi) is 3.19. The van der Waals surface area contributed by atoms with E-state index in [4.69, 9.17) is 5.11 Å². The van der Waals surface area contributed by atoms with Crippen LogP contribution in [0.4, 0.5) is 8.78 Å². The summed E-state index contributed by atoms with van der Waals surface area (Å²) in [5.74, 6) is -0.447. The van der Waals surface area contributed by atoms with E-state index in [1.807, 2.05) is 0 Å². The highest BCUT2D eigenvalue weighted by Gasteiger charge is 2.16. The number of hydrogen-bond acceptors (Lipinski definition) is 2. The normalized spacial score (nSPS) is 10.8. The quantitative estimate of drug-likeness (QED) is 0.821. The highest BCUT2D eigenvalue weighted by atomic mass is 79.9. The molecule has 2 nitrogen and oxygen atoms in total. The lowest BCUT2D eigenvalue weighted by molar-refractivity contribution is 0.141. The van der Waals surface area contributed by atoms with Gasteiger partial charge in [-0.1, -0.05) is 15.9 Å². The molecule has 1 rings (SSSR count). The molecule has 0 fully saturated rings. The molecule has 0 aliphatic carbocycles. The van der Waals surface area contributed by atoms with E-state index < -0.39 is 17.9 Å². The fourth-order valence-electron chi connectivity index (χ4n) is 0.949. The molecule has 0 aliphatic rings. The van der Waals surface area contributed by atoms with Crippen molar-refractivity contribution in [2.75, 3.05) is 0 Å². The van der Waals surface area contributed by atoms with E-state index >= 15 is 0 Å². The zero-order valence-electron chi connectivity index (χ0n) is 6.89. The molecule has 0 aromatic carbocycles. The van der Waals surface area contributed by atoms with E-state index in [-0.39, 0.29) is 0 Å². The Morgan fingerprint density at radius 1 is 1.62 bits per heavy atom. The zero-order chi connectivity index (χ0) is 10.0. The number of aromatic hydroxyl groups is 1. The molecule has 0 atom stereocenters. The van der Waals surface area contributed by atoms with Crippen molar-refractivity contribution in [3.63, 3.8) is 0 Å². The van der Waals surface area contributed by atoms with Crippen LogP contribution in [0.15, 0.2) is 6.07 Å². The molecular weight excluding hydrogens is 244 g/mol. The van der Waals surface area contributed by atoms with Crippen molar-refractivity contribution in [1.82, 2.24) is 4.98 Å². The summed E-state index contributed by atoms with van der Waals surface area (Å²) in [6.07, 6.45) is -2.74. The largest absolute Gasteiger partial charge is 0.506 e. The lowest BCUT2D eigenvalue weighted by atomic mass is 10.2. The number of halogens is 3. The first-order valence-corrected chi connectivity index (χ1v) is 4.72. The van der Waals surface area contributed by atoms with Crippen LogP contribution >= 0.6 is 15.9 Å². The second kappa shape index (κ2) is 4.00. The molecule has 0 spiro atoms. The minimum atomic E-state index is -2.74. The van der Waals surface area contributed by atoms with Gasteiger partial charge in [0.05, 0.1) is 5.69 Å². The van der Waals surface area contributed by atoms with Crippen LogP contribution in [-0.2, 0) is 5.33 Å². The van der Waals surface area contributed by atoms with Crippen molar-refractivity contribution < 1.29 is 13.9 Å². The summed E-state index contributed by atoms with van der Waals surface area (Å²) in [5, 5.41) is 9.53. The first kappa shape index (κ1) is 10.4. The number of pyridine rings is 1. The maximum absolute atomic E-state index is 12.2. The minimum absolute atomic E-state index is 0.402. The Labute approximate surface area is 82.7 Å². The molecule has 1 aromatic heterocycles. The van der Waals surface area contributed by atoms with E-state index in [2.05, 4.69) is 20.9 Å². The van der Waals surface area contributed by atoms with E-state index in [9.17, 15) is 8.78 Å². The maximum atomic E-state index is 12.2. The first-order valence-electron chi connectivity index (χ1n) is 3.59. The molecule has 13 heavy (non-hydrogen) atoms. The van der Waals surface area contributed by atoms with Crippen molar-refractivity contribution in [2.45, 2.75) is 18.7 Å². The van der Waals surface area contributed by atoms with Gasteiger partial charge in [0.1, 0.15) is 11.4 Å². The van der Waals surface area contributed by atoms with Crippen molar-refractivity contribution >= 4 is 15.9 Å². The predicted molar refractivity (Wildman–Crippen MR) is 48.2 cm³/mol. The maximum Gasteiger partial charge on any atom is 0.284 e. The van der Waals surface area contributed by atoms with Gasteiger partial charge in [-0.15, -0.1) is 0 Å². The zero-order valence-corrected chi connectivity index (χ0v) is 8.48. The van der Waals surface area contributed by atoms with E-state index in [1.54, 1.807) is 6.92 Å². The number of hydrogen-bond donors (Lipinski definition) is 1. The van der Waals surface area contributed by atoms with Gasteiger partial charge in [0.2, 0.25) is 0 Å². The smallest absolute Gasteiger partial charge is 0.284 e. The van der Waals surface area contributed by atoms with Gasteiger partial charge in [-0.25, -0.2) is 13.8 Å². The third kappa shape index (κ3) is 2.15. The van der Waals surface area contributed by atoms with Crippen molar-refractivity contribution in [3.05, 3.63) is 23.0 Å². The van der Waals surface area contributed by atoms with Crippen LogP contribution in [-0.4, -0.2) is 10.1 Å². The predicted octanol–water partition coefficient (Wildman–Crippen LogP) is 2.93. The SMILES string of the molecule is Cc1cc(O)c(C(F)F)nc1CBr. The minimum Gasteiger partial charge on any atom is -0.506 e. The van der Waals surface area contributed by atoms with E-state index in [0.29, 0.717) is 16.6 Å². The molecule has 0 saturated carbocycles. The third-order valence-electron chi connectivity index (χ3n) is 1.66. The van der Waals surface area contributed by atoms with Crippen LogP contribution in [0.2, 0.25) is 0 Å². The summed E-state index contributed by atoms with van der Waals surface area (Å²) in [6.45, 7) is 1.71. The Bertz CT molecular complexity index is 317. The Balaban J connectivity index is 3.22. The molecule has 0 unspecified atom stereocenters. The van der Waals surface area contributed by atoms with E-state index in [0.717, 1.165) is 0 Å². The molecule has 72 valence electrons. The molecule has 1 aromatic rings. The van der Waals surface area contributed by atoms with Gasteiger partial charge >= 0.3 is 0 Å². The standard InChI is InChI=1S/C8H8BrF2NO/c1-4-2-6(13)7(8(10)11)12-5(4)3-9/h2,8,13H,3H2,1H3. The third-order valence-corrected chi connectivity index (χ3v) is 2.19. The van der Waals surface area contributed by atoms with Crippen LogP contribution < -0.4 is 0 Å². The van der Waals surface area contributed by atoms with Gasteiger partial charge in [0.15, 0.2) is 0 Å². The molecular formula is C8H8BrF2NO. The van der Waals surface area contributed by atoms with Crippen LogP contribution in [0, 0.1) is 6.92 Å². The highest BCUT2D eigenvalue weighted by molar-refractivity contribution is 9.08. The number of rotatable bonds is 2. The van der Waals surface area contributed by atoms with Crippen molar-refractivity contribution in [3.8, 4) is 5.75 Å². The molecule has 5 heteroatoms. The number of alkyl halides is 3. The second-order valence-electron chi connectivity index (χ2n) is 2.59. The van der Waals surface area contributed by atoms with Crippen LogP contribution in [0.25, 0.3) is 0 Å². The van der Waals surface area contributed by atoms with Gasteiger partial charge in [-0.05, 0) is 18.6 Å². The summed E-state index contributed by atoms with van der Waals surface area (Å²) < 4.78 is 24.5. The Hall–Kier alpha value is -0.710. The topological polar surface area (TPSA) is 33.1 Å². The summed E-state index contributed by atoms with van der Waals surface area (Å²) in [4.78, 5) is 3.64. The summed E-state index contributed by atoms with van der Waals surface area (Å²) in [6, 6.07) is 1.30. The van der Waals surface area contributed by atoms with Crippen LogP contribution in [0.3, 0.4) is 0 Å². The molecule has 1 heterocycles. The van der Waals surface area contributed by atoms with Gasteiger partial charge in [-0.3, -0.25) is 0 Å². The highest BCUT2D eigenvalue weighted by Crippen LogP contribution is 2.28. The fourth-order valence-corrected chi connectivity index (χ4v) is 1.52. The summed E-state index contributed by atoms with van der Waals surface area (Å²) in [7, 11) is 0. The molecule has 0 bridgehead atoms. The first-order chi connectivity index (χ1) is 6.06. The van der Waals surface area contributed by atoms with Gasteiger partial charge in [0, 0.05) is 5.33 Å². The second-order valence-corrected chi connectivity index (χ2v) is 3.15. The Morgan fingerprint density at radius 2 is 2.23 bits per heavy atom. The number of aryl methyl sites for hydroxylation is 1. The summed E-state index contributed by atoms with van der Waals surface area (Å²) in [5.41, 5.74) is 0.659. The van der Waals surface area contributed by atoms with Crippen molar-refractivity contribution in [1.29, 1.82) is 0 Å². The van der Waals surface area contributed by atoms with Crippen LogP contribution in [0.5, 0.6) is 5.75 Å². The molecule has 0 saturated heterocycles. The number of aromatic nitrogens is 1. The molecule has 0 amide bonds. The lowest BCUT2D eigenvalue weighted by Gasteiger charge is -2.07. The molecule has 0 aliphatic heterocycles. The monoisotopic (exact) mass is 251 g/mol. The van der Waals surface area contributed by atoms with Crippen molar-refractivity contribution in [2.24, 2.45) is 0 Å². The lowest BCUT2D eigenvalue weighted by Crippen LogP contribution is -1.97. The average Bonchev–Trinajstić information content (AvgIpc) is 2.03. The molecule has 1 N–H and O–H groups in total. The van der Waals surface area contributed by atoms with E-state index in [1.165, 1.54) is 6.07 Å². The number of nitrogens with zero attached hydrogens (tertiary/aromatic N) is 1. The molecule has 0 radical (unpaired) electrons. The van der Waals surface area contributed by atoms with Gasteiger partial charge in [-0.2, -0.15) is 0 Å². The van der Waals surface area contributed by atoms with Gasteiger partial charge < -0.3 is 5.11 Å². The fraction of sp³-hybridized carbons (Fsp3) is 0.375.